The van der Waals surface area contributed by atoms with Crippen molar-refractivity contribution in [2.45, 2.75) is 6.61 Å². The number of hydrogen-bond acceptors (Lipinski definition) is 2. The first-order valence-corrected chi connectivity index (χ1v) is 5.80. The Morgan fingerprint density at radius 1 is 1.21 bits per heavy atom. The molecule has 0 aliphatic rings. The van der Waals surface area contributed by atoms with E-state index in [9.17, 15) is 13.6 Å². The molecule has 2 aromatic carbocycles. The van der Waals surface area contributed by atoms with Crippen LogP contribution in [0.15, 0.2) is 36.4 Å². The molecule has 5 heteroatoms. The van der Waals surface area contributed by atoms with Crippen molar-refractivity contribution in [3.8, 4) is 5.75 Å². The minimum absolute atomic E-state index is 0.0931. The van der Waals surface area contributed by atoms with Gasteiger partial charge in [-0.25, -0.2) is 8.78 Å². The maximum absolute atomic E-state index is 13.4. The van der Waals surface area contributed by atoms with E-state index in [1.807, 2.05) is 0 Å². The highest BCUT2D eigenvalue weighted by molar-refractivity contribution is 6.32. The molecule has 2 rings (SSSR count). The van der Waals surface area contributed by atoms with Gasteiger partial charge in [0, 0.05) is 11.1 Å². The zero-order valence-electron chi connectivity index (χ0n) is 9.70. The number of aldehydes is 1. The molecule has 0 radical (unpaired) electrons. The van der Waals surface area contributed by atoms with Crippen LogP contribution in [0, 0.1) is 11.6 Å². The molecule has 2 nitrogen and oxygen atoms in total. The first-order chi connectivity index (χ1) is 9.11. The van der Waals surface area contributed by atoms with Gasteiger partial charge in [-0.3, -0.25) is 4.79 Å². The molecule has 0 amide bonds. The van der Waals surface area contributed by atoms with Crippen LogP contribution in [0.5, 0.6) is 5.75 Å². The summed E-state index contributed by atoms with van der Waals surface area (Å²) in [5, 5.41) is 0.237. The number of carbonyl (C=O) groups excluding carboxylic acids is 1. The molecule has 0 unspecified atom stereocenters. The Morgan fingerprint density at radius 3 is 2.68 bits per heavy atom. The number of ether oxygens (including phenoxy) is 1. The van der Waals surface area contributed by atoms with Gasteiger partial charge in [-0.05, 0) is 24.3 Å². The molecule has 0 N–H and O–H groups in total. The molecule has 0 fully saturated rings. The summed E-state index contributed by atoms with van der Waals surface area (Å²) in [6.07, 6.45) is 0.655. The van der Waals surface area contributed by atoms with E-state index in [-0.39, 0.29) is 17.2 Å². The predicted molar refractivity (Wildman–Crippen MR) is 67.5 cm³/mol. The lowest BCUT2D eigenvalue weighted by molar-refractivity contribution is 0.112. The van der Waals surface area contributed by atoms with Crippen LogP contribution in [-0.2, 0) is 6.61 Å². The fraction of sp³-hybridized carbons (Fsp3) is 0.0714. The SMILES string of the molecule is O=Cc1ccc(OCc2cccc(F)c2F)c(Cl)c1. The molecule has 0 saturated carbocycles. The molecule has 0 aromatic heterocycles. The van der Waals surface area contributed by atoms with Crippen LogP contribution in [0.2, 0.25) is 5.02 Å². The summed E-state index contributed by atoms with van der Waals surface area (Å²) < 4.78 is 31.7. The normalized spacial score (nSPS) is 10.3. The van der Waals surface area contributed by atoms with Crippen LogP contribution < -0.4 is 4.74 Å². The molecule has 0 atom stereocenters. The van der Waals surface area contributed by atoms with Crippen molar-refractivity contribution in [1.29, 1.82) is 0 Å². The standard InChI is InChI=1S/C14H9ClF2O2/c15-11-6-9(7-18)4-5-13(11)19-8-10-2-1-3-12(16)14(10)17/h1-7H,8H2. The van der Waals surface area contributed by atoms with Crippen molar-refractivity contribution in [1.82, 2.24) is 0 Å². The Balaban J connectivity index is 2.14. The van der Waals surface area contributed by atoms with E-state index >= 15 is 0 Å². The van der Waals surface area contributed by atoms with Crippen LogP contribution in [0.1, 0.15) is 15.9 Å². The zero-order valence-corrected chi connectivity index (χ0v) is 10.5. The van der Waals surface area contributed by atoms with Crippen molar-refractivity contribution in [3.05, 3.63) is 64.2 Å². The predicted octanol–water partition coefficient (Wildman–Crippen LogP) is 4.01. The van der Waals surface area contributed by atoms with Gasteiger partial charge in [-0.15, -0.1) is 0 Å². The van der Waals surface area contributed by atoms with E-state index < -0.39 is 11.6 Å². The van der Waals surface area contributed by atoms with Gasteiger partial charge in [-0.1, -0.05) is 23.7 Å². The zero-order chi connectivity index (χ0) is 13.8. The Hall–Kier alpha value is -1.94. The summed E-state index contributed by atoms with van der Waals surface area (Å²) in [6.45, 7) is -0.149. The lowest BCUT2D eigenvalue weighted by atomic mass is 10.2. The van der Waals surface area contributed by atoms with E-state index in [4.69, 9.17) is 16.3 Å². The van der Waals surface area contributed by atoms with Crippen LogP contribution >= 0.6 is 11.6 Å². The summed E-state index contributed by atoms with van der Waals surface area (Å²) in [4.78, 5) is 10.5. The third kappa shape index (κ3) is 3.09. The van der Waals surface area contributed by atoms with Crippen molar-refractivity contribution < 1.29 is 18.3 Å². The molecule has 0 aliphatic carbocycles. The largest absolute Gasteiger partial charge is 0.487 e. The van der Waals surface area contributed by atoms with Crippen molar-refractivity contribution in [3.63, 3.8) is 0 Å². The number of carbonyl (C=O) groups is 1. The summed E-state index contributed by atoms with van der Waals surface area (Å²) in [5.41, 5.74) is 0.504. The fourth-order valence-electron chi connectivity index (χ4n) is 1.52. The molecule has 0 aliphatic heterocycles. The monoisotopic (exact) mass is 282 g/mol. The minimum Gasteiger partial charge on any atom is -0.487 e. The molecule has 19 heavy (non-hydrogen) atoms. The van der Waals surface area contributed by atoms with E-state index in [2.05, 4.69) is 0 Å². The third-order valence-electron chi connectivity index (χ3n) is 2.51. The maximum atomic E-state index is 13.4. The second-order valence-corrected chi connectivity index (χ2v) is 4.22. The first-order valence-electron chi connectivity index (χ1n) is 5.42. The fourth-order valence-corrected chi connectivity index (χ4v) is 1.77. The van der Waals surface area contributed by atoms with Crippen molar-refractivity contribution in [2.75, 3.05) is 0 Å². The minimum atomic E-state index is -0.942. The van der Waals surface area contributed by atoms with E-state index in [1.165, 1.54) is 30.3 Å². The topological polar surface area (TPSA) is 26.3 Å². The third-order valence-corrected chi connectivity index (χ3v) is 2.80. The maximum Gasteiger partial charge on any atom is 0.165 e. The second-order valence-electron chi connectivity index (χ2n) is 3.81. The molecular weight excluding hydrogens is 274 g/mol. The number of hydrogen-bond donors (Lipinski definition) is 0. The Kier molecular flexibility index (Phi) is 4.12. The van der Waals surface area contributed by atoms with E-state index in [0.29, 0.717) is 17.6 Å². The van der Waals surface area contributed by atoms with Crippen LogP contribution in [0.3, 0.4) is 0 Å². The summed E-state index contributed by atoms with van der Waals surface area (Å²) in [7, 11) is 0. The van der Waals surface area contributed by atoms with Crippen LogP contribution in [0.4, 0.5) is 8.78 Å². The van der Waals surface area contributed by atoms with E-state index in [1.54, 1.807) is 0 Å². The average Bonchev–Trinajstić information content (AvgIpc) is 2.41. The van der Waals surface area contributed by atoms with Gasteiger partial charge in [0.15, 0.2) is 11.6 Å². The Morgan fingerprint density at radius 2 is 2.00 bits per heavy atom. The van der Waals surface area contributed by atoms with Gasteiger partial charge in [-0.2, -0.15) is 0 Å². The highest BCUT2D eigenvalue weighted by Gasteiger charge is 2.09. The molecule has 0 bridgehead atoms. The van der Waals surface area contributed by atoms with Gasteiger partial charge >= 0.3 is 0 Å². The van der Waals surface area contributed by atoms with Gasteiger partial charge in [0.05, 0.1) is 5.02 Å². The quantitative estimate of drug-likeness (QED) is 0.792. The molecule has 2 aromatic rings. The summed E-state index contributed by atoms with van der Waals surface area (Å²) >= 11 is 5.89. The molecule has 98 valence electrons. The van der Waals surface area contributed by atoms with Gasteiger partial charge < -0.3 is 4.74 Å². The van der Waals surface area contributed by atoms with Crippen LogP contribution in [-0.4, -0.2) is 6.29 Å². The second kappa shape index (κ2) is 5.80. The number of benzene rings is 2. The van der Waals surface area contributed by atoms with Gasteiger partial charge in [0.25, 0.3) is 0 Å². The molecular formula is C14H9ClF2O2. The van der Waals surface area contributed by atoms with Gasteiger partial charge in [0.1, 0.15) is 18.6 Å². The number of halogens is 3. The Bertz CT molecular complexity index is 614. The lowest BCUT2D eigenvalue weighted by Crippen LogP contribution is -2.01. The highest BCUT2D eigenvalue weighted by Crippen LogP contribution is 2.26. The molecule has 0 heterocycles. The average molecular weight is 283 g/mol. The van der Waals surface area contributed by atoms with E-state index in [0.717, 1.165) is 6.07 Å². The number of rotatable bonds is 4. The van der Waals surface area contributed by atoms with Crippen molar-refractivity contribution in [2.24, 2.45) is 0 Å². The van der Waals surface area contributed by atoms with Crippen LogP contribution in [0.25, 0.3) is 0 Å². The van der Waals surface area contributed by atoms with Gasteiger partial charge in [0.2, 0.25) is 0 Å². The first kappa shape index (κ1) is 13.5. The molecule has 0 spiro atoms. The summed E-state index contributed by atoms with van der Waals surface area (Å²) in [6, 6.07) is 8.32. The Labute approximate surface area is 113 Å². The smallest absolute Gasteiger partial charge is 0.165 e. The van der Waals surface area contributed by atoms with Crippen molar-refractivity contribution >= 4 is 17.9 Å². The lowest BCUT2D eigenvalue weighted by Gasteiger charge is -2.09. The highest BCUT2D eigenvalue weighted by atomic mass is 35.5. The molecule has 0 saturated heterocycles. The summed E-state index contributed by atoms with van der Waals surface area (Å²) in [5.74, 6) is -1.57.